The summed E-state index contributed by atoms with van der Waals surface area (Å²) in [4.78, 5) is 0. The van der Waals surface area contributed by atoms with Crippen molar-refractivity contribution in [2.45, 2.75) is 6.10 Å². The first-order chi connectivity index (χ1) is 6.65. The summed E-state index contributed by atoms with van der Waals surface area (Å²) in [6.45, 7) is 0.0762. The van der Waals surface area contributed by atoms with Gasteiger partial charge in [-0.05, 0) is 44.0 Å². The minimum absolute atomic E-state index is 0.241. The average Bonchev–Trinajstić information content (AvgIpc) is 2.16. The van der Waals surface area contributed by atoms with Crippen LogP contribution in [-0.2, 0) is 0 Å². The molecule has 5 heteroatoms. The van der Waals surface area contributed by atoms with Crippen LogP contribution >= 0.6 is 31.9 Å². The molecule has 1 aromatic carbocycles. The van der Waals surface area contributed by atoms with Gasteiger partial charge in [0.2, 0.25) is 0 Å². The molecule has 0 radical (unpaired) electrons. The van der Waals surface area contributed by atoms with Gasteiger partial charge in [-0.3, -0.25) is 0 Å². The fourth-order valence-corrected chi connectivity index (χ4v) is 2.23. The molecule has 0 amide bonds. The predicted octanol–water partition coefficient (Wildman–Crippen LogP) is 1.98. The monoisotopic (exact) mass is 323 g/mol. The lowest BCUT2D eigenvalue weighted by atomic mass is 10.3. The second kappa shape index (κ2) is 5.70. The fraction of sp³-hybridized carbons (Fsp3) is 0.333. The van der Waals surface area contributed by atoms with Crippen molar-refractivity contribution < 1.29 is 10.2 Å². The summed E-state index contributed by atoms with van der Waals surface area (Å²) in [6, 6.07) is 5.71. The third-order valence-corrected chi connectivity index (χ3v) is 3.01. The number of anilines is 1. The molecule has 0 bridgehead atoms. The maximum Gasteiger partial charge on any atom is 0.0942 e. The lowest BCUT2D eigenvalue weighted by molar-refractivity contribution is 0.105. The molecule has 0 spiro atoms. The zero-order chi connectivity index (χ0) is 10.6. The molecule has 0 saturated heterocycles. The molecule has 1 aromatic rings. The maximum absolute atomic E-state index is 9.16. The van der Waals surface area contributed by atoms with Crippen molar-refractivity contribution in [3.63, 3.8) is 0 Å². The summed E-state index contributed by atoms with van der Waals surface area (Å²) in [5.74, 6) is 0. The molecule has 1 rings (SSSR count). The average molecular weight is 325 g/mol. The van der Waals surface area contributed by atoms with Gasteiger partial charge < -0.3 is 15.5 Å². The Balaban J connectivity index is 2.66. The van der Waals surface area contributed by atoms with E-state index in [1.54, 1.807) is 0 Å². The second-order valence-electron chi connectivity index (χ2n) is 2.81. The molecule has 0 saturated carbocycles. The van der Waals surface area contributed by atoms with E-state index in [9.17, 15) is 0 Å². The van der Waals surface area contributed by atoms with E-state index in [0.717, 1.165) is 14.6 Å². The number of aliphatic hydroxyl groups excluding tert-OH is 2. The van der Waals surface area contributed by atoms with Crippen molar-refractivity contribution >= 4 is 37.5 Å². The molecule has 0 aliphatic heterocycles. The van der Waals surface area contributed by atoms with E-state index in [1.807, 2.05) is 18.2 Å². The highest BCUT2D eigenvalue weighted by molar-refractivity contribution is 9.11. The van der Waals surface area contributed by atoms with Gasteiger partial charge in [-0.1, -0.05) is 6.07 Å². The first-order valence-electron chi connectivity index (χ1n) is 4.12. The van der Waals surface area contributed by atoms with Gasteiger partial charge in [-0.2, -0.15) is 0 Å². The standard InChI is InChI=1S/C9H11Br2NO2/c10-7-2-1-3-8(11)9(7)12-4-6(14)5-13/h1-3,6,12-14H,4-5H2/t6-/m0/s1. The second-order valence-corrected chi connectivity index (χ2v) is 4.52. The number of para-hydroxylation sites is 1. The van der Waals surface area contributed by atoms with Gasteiger partial charge in [0.15, 0.2) is 0 Å². The highest BCUT2D eigenvalue weighted by Gasteiger charge is 2.06. The van der Waals surface area contributed by atoms with Crippen LogP contribution in [0.4, 0.5) is 5.69 Å². The topological polar surface area (TPSA) is 52.5 Å². The third kappa shape index (κ3) is 3.24. The van der Waals surface area contributed by atoms with Gasteiger partial charge in [0.25, 0.3) is 0 Å². The van der Waals surface area contributed by atoms with Crippen LogP contribution in [0, 0.1) is 0 Å². The van der Waals surface area contributed by atoms with Crippen molar-refractivity contribution in [2.24, 2.45) is 0 Å². The van der Waals surface area contributed by atoms with E-state index in [0.29, 0.717) is 6.54 Å². The zero-order valence-corrected chi connectivity index (χ0v) is 10.5. The maximum atomic E-state index is 9.16. The number of benzene rings is 1. The summed E-state index contributed by atoms with van der Waals surface area (Å²) in [5, 5.41) is 20.8. The SMILES string of the molecule is OC[C@@H](O)CNc1c(Br)cccc1Br. The lowest BCUT2D eigenvalue weighted by Gasteiger charge is -2.13. The van der Waals surface area contributed by atoms with Crippen LogP contribution in [0.3, 0.4) is 0 Å². The van der Waals surface area contributed by atoms with Gasteiger partial charge in [-0.25, -0.2) is 0 Å². The summed E-state index contributed by atoms with van der Waals surface area (Å²) >= 11 is 6.76. The Hall–Kier alpha value is -0.100. The van der Waals surface area contributed by atoms with E-state index in [2.05, 4.69) is 37.2 Å². The molecule has 78 valence electrons. The van der Waals surface area contributed by atoms with Crippen LogP contribution in [0.2, 0.25) is 0 Å². The van der Waals surface area contributed by atoms with Gasteiger partial charge in [0.05, 0.1) is 18.4 Å². The molecular weight excluding hydrogens is 314 g/mol. The van der Waals surface area contributed by atoms with Crippen LogP contribution in [0.25, 0.3) is 0 Å². The third-order valence-electron chi connectivity index (χ3n) is 1.69. The van der Waals surface area contributed by atoms with Crippen LogP contribution in [0.15, 0.2) is 27.1 Å². The van der Waals surface area contributed by atoms with Crippen LogP contribution in [0.5, 0.6) is 0 Å². The van der Waals surface area contributed by atoms with Crippen molar-refractivity contribution in [3.8, 4) is 0 Å². The Morgan fingerprint density at radius 3 is 2.36 bits per heavy atom. The highest BCUT2D eigenvalue weighted by Crippen LogP contribution is 2.30. The van der Waals surface area contributed by atoms with Crippen LogP contribution < -0.4 is 5.32 Å². The Labute approximate surface area is 99.4 Å². The Kier molecular flexibility index (Phi) is 4.88. The normalized spacial score (nSPS) is 12.6. The predicted molar refractivity (Wildman–Crippen MR) is 63.4 cm³/mol. The van der Waals surface area contributed by atoms with Crippen molar-refractivity contribution in [1.29, 1.82) is 0 Å². The highest BCUT2D eigenvalue weighted by atomic mass is 79.9. The summed E-state index contributed by atoms with van der Waals surface area (Å²) in [7, 11) is 0. The number of nitrogens with one attached hydrogen (secondary N) is 1. The summed E-state index contributed by atoms with van der Waals surface area (Å²) in [5.41, 5.74) is 0.875. The first kappa shape index (κ1) is 12.0. The van der Waals surface area contributed by atoms with Gasteiger partial charge in [-0.15, -0.1) is 0 Å². The van der Waals surface area contributed by atoms with E-state index < -0.39 is 6.10 Å². The van der Waals surface area contributed by atoms with Crippen LogP contribution in [-0.4, -0.2) is 29.5 Å². The smallest absolute Gasteiger partial charge is 0.0942 e. The molecule has 0 unspecified atom stereocenters. The van der Waals surface area contributed by atoms with Gasteiger partial charge in [0, 0.05) is 15.5 Å². The molecular formula is C9H11Br2NO2. The Bertz CT molecular complexity index is 287. The number of rotatable bonds is 4. The van der Waals surface area contributed by atoms with E-state index >= 15 is 0 Å². The van der Waals surface area contributed by atoms with Crippen molar-refractivity contribution in [1.82, 2.24) is 0 Å². The van der Waals surface area contributed by atoms with E-state index in [1.165, 1.54) is 0 Å². The molecule has 14 heavy (non-hydrogen) atoms. The molecule has 3 nitrogen and oxygen atoms in total. The van der Waals surface area contributed by atoms with Gasteiger partial charge >= 0.3 is 0 Å². The Morgan fingerprint density at radius 2 is 1.86 bits per heavy atom. The van der Waals surface area contributed by atoms with E-state index in [-0.39, 0.29) is 6.61 Å². The Morgan fingerprint density at radius 1 is 1.29 bits per heavy atom. The lowest BCUT2D eigenvalue weighted by Crippen LogP contribution is -2.23. The minimum Gasteiger partial charge on any atom is -0.394 e. The van der Waals surface area contributed by atoms with Crippen molar-refractivity contribution in [2.75, 3.05) is 18.5 Å². The molecule has 1 atom stereocenters. The molecule has 0 heterocycles. The number of aliphatic hydroxyl groups is 2. The fourth-order valence-electron chi connectivity index (χ4n) is 0.951. The van der Waals surface area contributed by atoms with E-state index in [4.69, 9.17) is 10.2 Å². The molecule has 3 N–H and O–H groups in total. The molecule has 0 fully saturated rings. The number of hydrogen-bond acceptors (Lipinski definition) is 3. The molecule has 0 aliphatic rings. The number of halogens is 2. The van der Waals surface area contributed by atoms with Gasteiger partial charge in [0.1, 0.15) is 0 Å². The summed E-state index contributed by atoms with van der Waals surface area (Å²) in [6.07, 6.45) is -0.742. The first-order valence-corrected chi connectivity index (χ1v) is 5.70. The molecule has 0 aliphatic carbocycles. The largest absolute Gasteiger partial charge is 0.394 e. The number of hydrogen-bond donors (Lipinski definition) is 3. The minimum atomic E-state index is -0.742. The quantitative estimate of drug-likeness (QED) is 0.793. The zero-order valence-electron chi connectivity index (χ0n) is 7.37. The van der Waals surface area contributed by atoms with Crippen LogP contribution in [0.1, 0.15) is 0 Å². The molecule has 0 aromatic heterocycles. The summed E-state index contributed by atoms with van der Waals surface area (Å²) < 4.78 is 1.83. The van der Waals surface area contributed by atoms with Crippen molar-refractivity contribution in [3.05, 3.63) is 27.1 Å².